The van der Waals surface area contributed by atoms with E-state index in [1.807, 2.05) is 6.20 Å². The molecule has 0 aliphatic heterocycles. The molecule has 3 heteroatoms. The van der Waals surface area contributed by atoms with Crippen LogP contribution in [0.1, 0.15) is 18.2 Å². The number of rotatable bonds is 3. The number of halogens is 1. The fourth-order valence-corrected chi connectivity index (χ4v) is 1.16. The quantitative estimate of drug-likeness (QED) is 0.668. The number of nitrogens with one attached hydrogen (secondary N) is 1. The summed E-state index contributed by atoms with van der Waals surface area (Å²) >= 11 is 5.58. The number of hydrogen-bond donors (Lipinski definition) is 1. The van der Waals surface area contributed by atoms with Crippen molar-refractivity contribution in [3.05, 3.63) is 17.5 Å². The highest BCUT2D eigenvalue weighted by atomic mass is 35.5. The molecule has 2 nitrogen and oxygen atoms in total. The molecule has 10 heavy (non-hydrogen) atoms. The summed E-state index contributed by atoms with van der Waals surface area (Å²) in [4.78, 5) is 0. The van der Waals surface area contributed by atoms with E-state index in [1.54, 1.807) is 0 Å². The Morgan fingerprint density at radius 2 is 2.50 bits per heavy atom. The molecule has 0 aliphatic rings. The molecular formula is C7H11ClN2. The maximum atomic E-state index is 5.58. The number of nitrogens with zero attached hydrogens (tertiary/aromatic N) is 1. The van der Waals surface area contributed by atoms with E-state index in [-0.39, 0.29) is 0 Å². The smallest absolute Gasteiger partial charge is 0.0522 e. The molecule has 0 atom stereocenters. The SMILES string of the molecule is CCc1[nH]ncc1CCCl. The van der Waals surface area contributed by atoms with E-state index in [1.165, 1.54) is 11.3 Å². The fourth-order valence-electron chi connectivity index (χ4n) is 0.961. The third kappa shape index (κ3) is 1.51. The van der Waals surface area contributed by atoms with Crippen molar-refractivity contribution in [1.82, 2.24) is 10.2 Å². The first-order valence-corrected chi connectivity index (χ1v) is 3.99. The monoisotopic (exact) mass is 158 g/mol. The first-order valence-electron chi connectivity index (χ1n) is 3.45. The van der Waals surface area contributed by atoms with Gasteiger partial charge in [0.2, 0.25) is 0 Å². The van der Waals surface area contributed by atoms with Gasteiger partial charge >= 0.3 is 0 Å². The summed E-state index contributed by atoms with van der Waals surface area (Å²) in [5, 5.41) is 6.86. The molecule has 0 aliphatic carbocycles. The van der Waals surface area contributed by atoms with Crippen molar-refractivity contribution in [1.29, 1.82) is 0 Å². The summed E-state index contributed by atoms with van der Waals surface area (Å²) in [6.45, 7) is 2.10. The zero-order valence-electron chi connectivity index (χ0n) is 6.02. The topological polar surface area (TPSA) is 28.7 Å². The van der Waals surface area contributed by atoms with Crippen LogP contribution >= 0.6 is 11.6 Å². The van der Waals surface area contributed by atoms with Crippen LogP contribution in [0.5, 0.6) is 0 Å². The van der Waals surface area contributed by atoms with Crippen molar-refractivity contribution in [2.75, 3.05) is 5.88 Å². The van der Waals surface area contributed by atoms with Crippen LogP contribution in [0.25, 0.3) is 0 Å². The van der Waals surface area contributed by atoms with Gasteiger partial charge in [-0.15, -0.1) is 11.6 Å². The minimum atomic E-state index is 0.673. The van der Waals surface area contributed by atoms with E-state index in [4.69, 9.17) is 11.6 Å². The Balaban J connectivity index is 2.70. The number of aromatic amines is 1. The third-order valence-electron chi connectivity index (χ3n) is 1.52. The normalized spacial score (nSPS) is 10.2. The van der Waals surface area contributed by atoms with Crippen molar-refractivity contribution in [3.63, 3.8) is 0 Å². The summed E-state index contributed by atoms with van der Waals surface area (Å²) in [6.07, 6.45) is 3.77. The van der Waals surface area contributed by atoms with Crippen molar-refractivity contribution < 1.29 is 0 Å². The second kappa shape index (κ2) is 3.62. The van der Waals surface area contributed by atoms with E-state index >= 15 is 0 Å². The van der Waals surface area contributed by atoms with E-state index < -0.39 is 0 Å². The molecule has 1 rings (SSSR count). The van der Waals surface area contributed by atoms with Crippen LogP contribution in [0.4, 0.5) is 0 Å². The minimum absolute atomic E-state index is 0.673. The molecule has 0 saturated carbocycles. The number of hydrogen-bond acceptors (Lipinski definition) is 1. The van der Waals surface area contributed by atoms with Gasteiger partial charge in [-0.05, 0) is 18.4 Å². The van der Waals surface area contributed by atoms with Crippen LogP contribution in [-0.2, 0) is 12.8 Å². The molecule has 0 spiro atoms. The second-order valence-corrected chi connectivity index (χ2v) is 2.54. The molecule has 0 radical (unpaired) electrons. The molecule has 0 fully saturated rings. The van der Waals surface area contributed by atoms with Gasteiger partial charge < -0.3 is 0 Å². The highest BCUT2D eigenvalue weighted by Gasteiger charge is 2.00. The molecule has 56 valence electrons. The van der Waals surface area contributed by atoms with Gasteiger partial charge in [0.15, 0.2) is 0 Å². The van der Waals surface area contributed by atoms with E-state index in [0.29, 0.717) is 5.88 Å². The van der Waals surface area contributed by atoms with Gasteiger partial charge in [0.1, 0.15) is 0 Å². The summed E-state index contributed by atoms with van der Waals surface area (Å²) in [5.41, 5.74) is 2.46. The minimum Gasteiger partial charge on any atom is -0.282 e. The summed E-state index contributed by atoms with van der Waals surface area (Å²) < 4.78 is 0. The Morgan fingerprint density at radius 3 is 3.10 bits per heavy atom. The first-order chi connectivity index (χ1) is 4.88. The lowest BCUT2D eigenvalue weighted by molar-refractivity contribution is 0.957. The molecule has 0 bridgehead atoms. The number of H-pyrrole nitrogens is 1. The Morgan fingerprint density at radius 1 is 1.70 bits per heavy atom. The van der Waals surface area contributed by atoms with Crippen LogP contribution in [0.15, 0.2) is 6.20 Å². The van der Waals surface area contributed by atoms with Gasteiger partial charge in [0.25, 0.3) is 0 Å². The molecule has 0 unspecified atom stereocenters. The highest BCUT2D eigenvalue weighted by molar-refractivity contribution is 6.17. The van der Waals surface area contributed by atoms with Gasteiger partial charge in [0.05, 0.1) is 6.20 Å². The average molecular weight is 159 g/mol. The number of aromatic nitrogens is 2. The number of aryl methyl sites for hydroxylation is 2. The summed E-state index contributed by atoms with van der Waals surface area (Å²) in [6, 6.07) is 0. The molecule has 1 aromatic rings. The molecule has 0 aromatic carbocycles. The van der Waals surface area contributed by atoms with Gasteiger partial charge in [-0.25, -0.2) is 0 Å². The lowest BCUT2D eigenvalue weighted by Crippen LogP contribution is -1.89. The highest BCUT2D eigenvalue weighted by Crippen LogP contribution is 2.06. The summed E-state index contributed by atoms with van der Waals surface area (Å²) in [5.74, 6) is 0.673. The van der Waals surface area contributed by atoms with Crippen molar-refractivity contribution in [2.24, 2.45) is 0 Å². The van der Waals surface area contributed by atoms with Crippen LogP contribution in [0.3, 0.4) is 0 Å². The standard InChI is InChI=1S/C7H11ClN2/c1-2-7-6(3-4-8)5-9-10-7/h5H,2-4H2,1H3,(H,9,10). The zero-order valence-corrected chi connectivity index (χ0v) is 6.78. The fraction of sp³-hybridized carbons (Fsp3) is 0.571. The van der Waals surface area contributed by atoms with Crippen LogP contribution in [0, 0.1) is 0 Å². The van der Waals surface area contributed by atoms with Gasteiger partial charge in [0, 0.05) is 11.6 Å². The first kappa shape index (κ1) is 7.61. The van der Waals surface area contributed by atoms with Crippen LogP contribution < -0.4 is 0 Å². The Kier molecular flexibility index (Phi) is 2.75. The van der Waals surface area contributed by atoms with Crippen LogP contribution in [-0.4, -0.2) is 16.1 Å². The maximum Gasteiger partial charge on any atom is 0.0522 e. The second-order valence-electron chi connectivity index (χ2n) is 2.17. The van der Waals surface area contributed by atoms with Gasteiger partial charge in [-0.2, -0.15) is 5.10 Å². The Labute approximate surface area is 65.6 Å². The molecule has 0 saturated heterocycles. The molecular weight excluding hydrogens is 148 g/mol. The van der Waals surface area contributed by atoms with Gasteiger partial charge in [-0.1, -0.05) is 6.92 Å². The molecule has 1 aromatic heterocycles. The lowest BCUT2D eigenvalue weighted by Gasteiger charge is -1.94. The van der Waals surface area contributed by atoms with Crippen molar-refractivity contribution in [2.45, 2.75) is 19.8 Å². The number of alkyl halides is 1. The van der Waals surface area contributed by atoms with Crippen molar-refractivity contribution >= 4 is 11.6 Å². The lowest BCUT2D eigenvalue weighted by atomic mass is 10.2. The Hall–Kier alpha value is -0.500. The maximum absolute atomic E-state index is 5.58. The van der Waals surface area contributed by atoms with E-state index in [9.17, 15) is 0 Å². The largest absolute Gasteiger partial charge is 0.282 e. The molecule has 1 heterocycles. The molecule has 1 N–H and O–H groups in total. The van der Waals surface area contributed by atoms with Gasteiger partial charge in [-0.3, -0.25) is 5.10 Å². The summed E-state index contributed by atoms with van der Waals surface area (Å²) in [7, 11) is 0. The average Bonchev–Trinajstić information content (AvgIpc) is 2.36. The predicted octanol–water partition coefficient (Wildman–Crippen LogP) is 1.75. The van der Waals surface area contributed by atoms with E-state index in [0.717, 1.165) is 12.8 Å². The zero-order chi connectivity index (χ0) is 7.40. The van der Waals surface area contributed by atoms with Crippen molar-refractivity contribution in [3.8, 4) is 0 Å². The molecule has 0 amide bonds. The van der Waals surface area contributed by atoms with E-state index in [2.05, 4.69) is 17.1 Å². The third-order valence-corrected chi connectivity index (χ3v) is 1.71. The predicted molar refractivity (Wildman–Crippen MR) is 42.4 cm³/mol. The Bertz CT molecular complexity index is 195. The van der Waals surface area contributed by atoms with Crippen LogP contribution in [0.2, 0.25) is 0 Å².